The molecule has 0 bridgehead atoms. The summed E-state index contributed by atoms with van der Waals surface area (Å²) >= 11 is 5.25. The predicted molar refractivity (Wildman–Crippen MR) is 133 cm³/mol. The van der Waals surface area contributed by atoms with Gasteiger partial charge in [-0.1, -0.05) is 120 Å². The van der Waals surface area contributed by atoms with E-state index in [1.807, 2.05) is 12.1 Å². The predicted octanol–water partition coefficient (Wildman–Crippen LogP) is 7.27. The van der Waals surface area contributed by atoms with Gasteiger partial charge in [0.05, 0.1) is 6.21 Å². The van der Waals surface area contributed by atoms with Crippen LogP contribution in [0.2, 0.25) is 0 Å². The normalized spacial score (nSPS) is 11.1. The smallest absolute Gasteiger partial charge is 0.186 e. The van der Waals surface area contributed by atoms with Crippen LogP contribution in [0.3, 0.4) is 0 Å². The van der Waals surface area contributed by atoms with Crippen molar-refractivity contribution >= 4 is 23.5 Å². The topological polar surface area (TPSA) is 36.4 Å². The van der Waals surface area contributed by atoms with Gasteiger partial charge in [-0.15, -0.1) is 0 Å². The Kier molecular flexibility index (Phi) is 16.4. The molecule has 0 aromatic heterocycles. The first kappa shape index (κ1) is 25.6. The third-order valence-electron chi connectivity index (χ3n) is 5.27. The van der Waals surface area contributed by atoms with Gasteiger partial charge in [0.2, 0.25) is 0 Å². The first-order chi connectivity index (χ1) is 14.2. The first-order valence-electron chi connectivity index (χ1n) is 11.9. The second-order valence-corrected chi connectivity index (χ2v) is 8.54. The summed E-state index contributed by atoms with van der Waals surface area (Å²) in [5.41, 5.74) is 5.20. The van der Waals surface area contributed by atoms with Crippen molar-refractivity contribution in [2.45, 2.75) is 104 Å². The minimum atomic E-state index is 0.600. The Balaban J connectivity index is 1.83. The summed E-state index contributed by atoms with van der Waals surface area (Å²) < 4.78 is 0. The summed E-state index contributed by atoms with van der Waals surface area (Å²) in [6.07, 6.45) is 21.2. The van der Waals surface area contributed by atoms with Crippen molar-refractivity contribution in [2.75, 3.05) is 6.54 Å². The van der Waals surface area contributed by atoms with Crippen molar-refractivity contribution in [3.8, 4) is 0 Å². The highest BCUT2D eigenvalue weighted by atomic mass is 32.1. The van der Waals surface area contributed by atoms with Gasteiger partial charge in [0.15, 0.2) is 5.11 Å². The fraction of sp³-hybridized carbons (Fsp3) is 0.680. The van der Waals surface area contributed by atoms with Crippen LogP contribution in [0.1, 0.15) is 108 Å². The van der Waals surface area contributed by atoms with Crippen molar-refractivity contribution in [1.29, 1.82) is 0 Å². The lowest BCUT2D eigenvalue weighted by Crippen LogP contribution is -2.32. The third-order valence-corrected chi connectivity index (χ3v) is 5.51. The Hall–Kier alpha value is -1.42. The van der Waals surface area contributed by atoms with E-state index in [4.69, 9.17) is 12.2 Å². The molecule has 0 atom stereocenters. The summed E-state index contributed by atoms with van der Waals surface area (Å²) in [6.45, 7) is 5.28. The molecule has 0 saturated carbocycles. The number of thiocarbonyl (C=S) groups is 1. The molecule has 1 rings (SSSR count). The van der Waals surface area contributed by atoms with Gasteiger partial charge in [-0.05, 0) is 31.1 Å². The summed E-state index contributed by atoms with van der Waals surface area (Å²) in [7, 11) is 0. The van der Waals surface area contributed by atoms with Gasteiger partial charge in [0.25, 0.3) is 0 Å². The number of hydrogen-bond donors (Lipinski definition) is 2. The number of nitrogens with zero attached hydrogens (tertiary/aromatic N) is 1. The zero-order chi connectivity index (χ0) is 21.0. The van der Waals surface area contributed by atoms with E-state index >= 15 is 0 Å². The molecule has 0 unspecified atom stereocenters. The maximum atomic E-state index is 5.25. The van der Waals surface area contributed by atoms with Gasteiger partial charge in [0.1, 0.15) is 0 Å². The van der Waals surface area contributed by atoms with Gasteiger partial charge in [-0.3, -0.25) is 5.43 Å². The Morgan fingerprint density at radius 1 is 0.793 bits per heavy atom. The monoisotopic (exact) mass is 417 g/mol. The minimum absolute atomic E-state index is 0.600. The molecule has 3 nitrogen and oxygen atoms in total. The molecule has 164 valence electrons. The molecule has 0 amide bonds. The Morgan fingerprint density at radius 2 is 1.28 bits per heavy atom. The number of hydrogen-bond acceptors (Lipinski definition) is 2. The van der Waals surface area contributed by atoms with E-state index in [-0.39, 0.29) is 0 Å². The van der Waals surface area contributed by atoms with E-state index in [2.05, 4.69) is 41.8 Å². The van der Waals surface area contributed by atoms with Crippen molar-refractivity contribution in [1.82, 2.24) is 10.7 Å². The average Bonchev–Trinajstić information content (AvgIpc) is 2.72. The molecule has 4 heteroatoms. The second kappa shape index (κ2) is 18.6. The lowest BCUT2D eigenvalue weighted by molar-refractivity contribution is 0.535. The maximum Gasteiger partial charge on any atom is 0.186 e. The molecule has 0 fully saturated rings. The molecule has 1 aromatic carbocycles. The zero-order valence-corrected chi connectivity index (χ0v) is 19.7. The molecule has 0 aliphatic carbocycles. The molecule has 29 heavy (non-hydrogen) atoms. The van der Waals surface area contributed by atoms with E-state index in [0.29, 0.717) is 5.11 Å². The Labute approximate surface area is 185 Å². The van der Waals surface area contributed by atoms with Gasteiger partial charge in [-0.25, -0.2) is 0 Å². The van der Waals surface area contributed by atoms with Crippen LogP contribution in [0.4, 0.5) is 0 Å². The van der Waals surface area contributed by atoms with Crippen molar-refractivity contribution < 1.29 is 0 Å². The molecule has 2 N–H and O–H groups in total. The number of nitrogens with one attached hydrogen (secondary N) is 2. The molecule has 0 radical (unpaired) electrons. The largest absolute Gasteiger partial charge is 0.361 e. The Morgan fingerprint density at radius 3 is 1.79 bits per heavy atom. The summed E-state index contributed by atoms with van der Waals surface area (Å²) in [5, 5.41) is 8.01. The van der Waals surface area contributed by atoms with Crippen LogP contribution in [0, 0.1) is 6.92 Å². The quantitative estimate of drug-likeness (QED) is 0.121. The molecule has 0 saturated heterocycles. The van der Waals surface area contributed by atoms with E-state index in [1.165, 1.54) is 95.5 Å². The Bertz CT molecular complexity index is 540. The van der Waals surface area contributed by atoms with Crippen molar-refractivity contribution in [3.63, 3.8) is 0 Å². The van der Waals surface area contributed by atoms with E-state index in [1.54, 1.807) is 6.21 Å². The van der Waals surface area contributed by atoms with E-state index in [0.717, 1.165) is 12.1 Å². The number of unbranched alkanes of at least 4 members (excludes halogenated alkanes) is 13. The fourth-order valence-corrected chi connectivity index (χ4v) is 3.53. The van der Waals surface area contributed by atoms with Crippen molar-refractivity contribution in [2.24, 2.45) is 5.10 Å². The van der Waals surface area contributed by atoms with E-state index in [9.17, 15) is 0 Å². The molecule has 0 aliphatic rings. The van der Waals surface area contributed by atoms with Crippen LogP contribution in [-0.4, -0.2) is 17.9 Å². The van der Waals surface area contributed by atoms with Gasteiger partial charge in [-0.2, -0.15) is 5.10 Å². The SMILES string of the molecule is CCCCCCCCCCCCCCCCNC(=S)NN=Cc1ccc(C)cc1. The zero-order valence-electron chi connectivity index (χ0n) is 18.8. The lowest BCUT2D eigenvalue weighted by Gasteiger charge is -2.07. The average molecular weight is 418 g/mol. The molecule has 0 spiro atoms. The summed E-state index contributed by atoms with van der Waals surface area (Å²) in [4.78, 5) is 0. The molecular weight excluding hydrogens is 374 g/mol. The van der Waals surface area contributed by atoms with E-state index < -0.39 is 0 Å². The lowest BCUT2D eigenvalue weighted by atomic mass is 10.0. The van der Waals surface area contributed by atoms with Gasteiger partial charge >= 0.3 is 0 Å². The highest BCUT2D eigenvalue weighted by Crippen LogP contribution is 2.12. The van der Waals surface area contributed by atoms with Crippen LogP contribution in [-0.2, 0) is 0 Å². The highest BCUT2D eigenvalue weighted by molar-refractivity contribution is 7.80. The van der Waals surface area contributed by atoms with Crippen LogP contribution < -0.4 is 10.7 Å². The second-order valence-electron chi connectivity index (χ2n) is 8.13. The standard InChI is InChI=1S/C25H43N3S/c1-3-4-5-6-7-8-9-10-11-12-13-14-15-16-21-26-25(29)28-27-22-24-19-17-23(2)18-20-24/h17-20,22H,3-16,21H2,1-2H3,(H2,26,28,29). The molecule has 1 aromatic rings. The highest BCUT2D eigenvalue weighted by Gasteiger charge is 1.96. The van der Waals surface area contributed by atoms with Gasteiger partial charge < -0.3 is 5.32 Å². The summed E-state index contributed by atoms with van der Waals surface area (Å²) in [5.74, 6) is 0. The molecule has 0 aliphatic heterocycles. The number of hydrazone groups is 1. The van der Waals surface area contributed by atoms with Crippen LogP contribution >= 0.6 is 12.2 Å². The number of rotatable bonds is 17. The number of aryl methyl sites for hydroxylation is 1. The summed E-state index contributed by atoms with van der Waals surface area (Å²) in [6, 6.07) is 8.25. The molecular formula is C25H43N3S. The third kappa shape index (κ3) is 16.1. The van der Waals surface area contributed by atoms with Crippen LogP contribution in [0.15, 0.2) is 29.4 Å². The van der Waals surface area contributed by atoms with Gasteiger partial charge in [0, 0.05) is 6.54 Å². The fourth-order valence-electron chi connectivity index (χ4n) is 3.38. The van der Waals surface area contributed by atoms with Crippen LogP contribution in [0.5, 0.6) is 0 Å². The van der Waals surface area contributed by atoms with Crippen LogP contribution in [0.25, 0.3) is 0 Å². The maximum absolute atomic E-state index is 5.25. The minimum Gasteiger partial charge on any atom is -0.361 e. The van der Waals surface area contributed by atoms with Crippen molar-refractivity contribution in [3.05, 3.63) is 35.4 Å². The molecule has 0 heterocycles. The number of benzene rings is 1. The first-order valence-corrected chi connectivity index (χ1v) is 12.3.